The molecule has 1 aromatic carbocycles. The summed E-state index contributed by atoms with van der Waals surface area (Å²) < 4.78 is 21.5. The number of rotatable bonds is 7. The van der Waals surface area contributed by atoms with Gasteiger partial charge in [0.15, 0.2) is 6.29 Å². The highest BCUT2D eigenvalue weighted by Gasteiger charge is 2.64. The number of aliphatic hydroxyl groups is 7. The van der Waals surface area contributed by atoms with Gasteiger partial charge in [0.25, 0.3) is 0 Å². The summed E-state index contributed by atoms with van der Waals surface area (Å²) >= 11 is 0. The van der Waals surface area contributed by atoms with Crippen LogP contribution in [0.25, 0.3) is 6.08 Å². The van der Waals surface area contributed by atoms with E-state index in [0.29, 0.717) is 5.56 Å². The quantitative estimate of drug-likeness (QED) is 0.135. The van der Waals surface area contributed by atoms with E-state index in [1.54, 1.807) is 12.1 Å². The fraction of sp³-hybridized carbons (Fsp3) is 0.542. The van der Waals surface area contributed by atoms with Crippen molar-refractivity contribution in [3.63, 3.8) is 0 Å². The average molecular weight is 526 g/mol. The third kappa shape index (κ3) is 5.36. The second kappa shape index (κ2) is 11.0. The standard InChI is InChI=1S/C24H30O13/c25-9-14-18(29)19(30)20(31)23(36-14)37-22-16-13(7-8-34-22)17(28)21(32)24(16,33)10-35-15(27)6-3-11-1-4-12(26)5-2-11/h1-8,13-14,16-23,25-26,28-33H,9-10H2/b6-3+/t13-,14-,16-,17+,18-,19+,20-,21+,22+,23+,24+/m1/s1. The van der Waals surface area contributed by atoms with E-state index in [9.17, 15) is 45.6 Å². The van der Waals surface area contributed by atoms with Crippen LogP contribution in [0.15, 0.2) is 42.7 Å². The van der Waals surface area contributed by atoms with E-state index >= 15 is 0 Å². The smallest absolute Gasteiger partial charge is 0.330 e. The molecule has 1 aliphatic carbocycles. The van der Waals surface area contributed by atoms with E-state index in [1.807, 2.05) is 0 Å². The number of fused-ring (bicyclic) bond motifs is 1. The van der Waals surface area contributed by atoms with Gasteiger partial charge in [-0.3, -0.25) is 0 Å². The molecule has 1 saturated heterocycles. The van der Waals surface area contributed by atoms with Crippen LogP contribution in [-0.4, -0.2) is 115 Å². The van der Waals surface area contributed by atoms with Crippen LogP contribution in [0.1, 0.15) is 5.56 Å². The number of phenolic OH excluding ortho intramolecular Hbond substituents is 1. The number of carbonyl (C=O) groups excluding carboxylic acids is 1. The van der Waals surface area contributed by atoms with Crippen LogP contribution in [0, 0.1) is 11.8 Å². The minimum absolute atomic E-state index is 0.0505. The van der Waals surface area contributed by atoms with Gasteiger partial charge in [0.1, 0.15) is 48.5 Å². The van der Waals surface area contributed by atoms with Gasteiger partial charge in [-0.25, -0.2) is 4.79 Å². The van der Waals surface area contributed by atoms with Crippen LogP contribution in [0.5, 0.6) is 5.75 Å². The van der Waals surface area contributed by atoms with Crippen LogP contribution in [-0.2, 0) is 23.7 Å². The third-order valence-corrected chi connectivity index (χ3v) is 6.90. The van der Waals surface area contributed by atoms with Crippen molar-refractivity contribution in [2.45, 2.75) is 54.8 Å². The average Bonchev–Trinajstić information content (AvgIpc) is 3.09. The first kappa shape index (κ1) is 27.4. The van der Waals surface area contributed by atoms with Gasteiger partial charge in [0.2, 0.25) is 6.29 Å². The Labute approximate surface area is 211 Å². The van der Waals surface area contributed by atoms with Crippen molar-refractivity contribution in [3.8, 4) is 5.75 Å². The first-order valence-corrected chi connectivity index (χ1v) is 11.6. The zero-order chi connectivity index (χ0) is 26.9. The molecule has 0 aromatic heterocycles. The van der Waals surface area contributed by atoms with Crippen molar-refractivity contribution in [3.05, 3.63) is 48.2 Å². The lowest BCUT2D eigenvalue weighted by Crippen LogP contribution is -2.61. The fourth-order valence-electron chi connectivity index (χ4n) is 4.79. The van der Waals surface area contributed by atoms with Gasteiger partial charge in [-0.1, -0.05) is 12.1 Å². The maximum atomic E-state index is 12.3. The Bertz CT molecular complexity index is 995. The fourth-order valence-corrected chi connectivity index (χ4v) is 4.79. The van der Waals surface area contributed by atoms with Crippen molar-refractivity contribution in [2.24, 2.45) is 11.8 Å². The number of ether oxygens (including phenoxy) is 4. The lowest BCUT2D eigenvalue weighted by atomic mass is 9.83. The Kier molecular flexibility index (Phi) is 8.18. The molecule has 11 atom stereocenters. The molecule has 2 fully saturated rings. The highest BCUT2D eigenvalue weighted by Crippen LogP contribution is 2.47. The molecule has 13 heteroatoms. The Morgan fingerprint density at radius 1 is 1.00 bits per heavy atom. The number of aromatic hydroxyl groups is 1. The van der Waals surface area contributed by atoms with E-state index < -0.39 is 85.8 Å². The van der Waals surface area contributed by atoms with Crippen LogP contribution in [0.3, 0.4) is 0 Å². The van der Waals surface area contributed by atoms with Gasteiger partial charge in [-0.15, -0.1) is 0 Å². The van der Waals surface area contributed by atoms with E-state index in [0.717, 1.165) is 12.3 Å². The number of aliphatic hydroxyl groups excluding tert-OH is 6. The Balaban J connectivity index is 1.48. The van der Waals surface area contributed by atoms with Gasteiger partial charge >= 0.3 is 5.97 Å². The number of carbonyl (C=O) groups is 1. The van der Waals surface area contributed by atoms with Gasteiger partial charge in [0.05, 0.1) is 24.9 Å². The van der Waals surface area contributed by atoms with Gasteiger partial charge in [-0.2, -0.15) is 0 Å². The third-order valence-electron chi connectivity index (χ3n) is 6.90. The van der Waals surface area contributed by atoms with Gasteiger partial charge < -0.3 is 59.8 Å². The second-order valence-electron chi connectivity index (χ2n) is 9.23. The lowest BCUT2D eigenvalue weighted by molar-refractivity contribution is -0.348. The number of esters is 1. The molecule has 0 radical (unpaired) electrons. The molecular formula is C24H30O13. The SMILES string of the molecule is O=C(/C=C/c1ccc(O)cc1)OC[C@]1(O)[C@H]2[C@H](O[C@@H]3O[C@H](CO)[C@@H](O)[C@H](O)[C@H]3O)OC=C[C@H]2[C@H](O)[C@@H]1O. The molecule has 0 spiro atoms. The van der Waals surface area contributed by atoms with Crippen molar-refractivity contribution < 1.29 is 64.6 Å². The largest absolute Gasteiger partial charge is 0.508 e. The number of benzene rings is 1. The summed E-state index contributed by atoms with van der Waals surface area (Å²) in [4.78, 5) is 12.3. The van der Waals surface area contributed by atoms with Crippen molar-refractivity contribution in [1.29, 1.82) is 0 Å². The minimum Gasteiger partial charge on any atom is -0.508 e. The predicted octanol–water partition coefficient (Wildman–Crippen LogP) is -2.67. The van der Waals surface area contributed by atoms with Crippen molar-refractivity contribution in [1.82, 2.24) is 0 Å². The summed E-state index contributed by atoms with van der Waals surface area (Å²) in [6.07, 6.45) is -7.74. The molecule has 4 rings (SSSR count). The van der Waals surface area contributed by atoms with Crippen LogP contribution >= 0.6 is 0 Å². The molecule has 2 aliphatic heterocycles. The van der Waals surface area contributed by atoms with Gasteiger partial charge in [0, 0.05) is 12.0 Å². The molecule has 1 aromatic rings. The summed E-state index contributed by atoms with van der Waals surface area (Å²) in [5.41, 5.74) is -1.68. The Hall–Kier alpha value is -2.59. The zero-order valence-electron chi connectivity index (χ0n) is 19.4. The van der Waals surface area contributed by atoms with Crippen LogP contribution in [0.2, 0.25) is 0 Å². The topological polar surface area (TPSA) is 216 Å². The maximum absolute atomic E-state index is 12.3. The van der Waals surface area contributed by atoms with E-state index in [2.05, 4.69) is 0 Å². The normalized spacial score (nSPS) is 41.4. The van der Waals surface area contributed by atoms with Crippen molar-refractivity contribution >= 4 is 12.0 Å². The first-order chi connectivity index (χ1) is 17.6. The van der Waals surface area contributed by atoms with Crippen LogP contribution in [0.4, 0.5) is 0 Å². The maximum Gasteiger partial charge on any atom is 0.330 e. The zero-order valence-corrected chi connectivity index (χ0v) is 19.4. The molecule has 8 N–H and O–H groups in total. The molecule has 0 bridgehead atoms. The number of phenols is 1. The molecule has 3 aliphatic rings. The Morgan fingerprint density at radius 2 is 1.70 bits per heavy atom. The molecular weight excluding hydrogens is 496 g/mol. The molecule has 0 amide bonds. The molecule has 1 saturated carbocycles. The van der Waals surface area contributed by atoms with Crippen LogP contribution < -0.4 is 0 Å². The van der Waals surface area contributed by atoms with E-state index in [4.69, 9.17) is 18.9 Å². The van der Waals surface area contributed by atoms with E-state index in [1.165, 1.54) is 24.3 Å². The monoisotopic (exact) mass is 526 g/mol. The molecule has 37 heavy (non-hydrogen) atoms. The summed E-state index contributed by atoms with van der Waals surface area (Å²) in [5.74, 6) is -2.97. The molecule has 13 nitrogen and oxygen atoms in total. The van der Waals surface area contributed by atoms with Gasteiger partial charge in [-0.05, 0) is 29.8 Å². The molecule has 0 unspecified atom stereocenters. The predicted molar refractivity (Wildman–Crippen MR) is 121 cm³/mol. The lowest BCUT2D eigenvalue weighted by Gasteiger charge is -2.44. The minimum atomic E-state index is -2.27. The first-order valence-electron chi connectivity index (χ1n) is 11.6. The Morgan fingerprint density at radius 3 is 2.38 bits per heavy atom. The van der Waals surface area contributed by atoms with E-state index in [-0.39, 0.29) is 5.75 Å². The summed E-state index contributed by atoms with van der Waals surface area (Å²) in [5, 5.41) is 81.6. The highest BCUT2D eigenvalue weighted by atomic mass is 16.8. The summed E-state index contributed by atoms with van der Waals surface area (Å²) in [6.45, 7) is -1.46. The highest BCUT2D eigenvalue weighted by molar-refractivity contribution is 5.87. The number of hydrogen-bond donors (Lipinski definition) is 8. The summed E-state index contributed by atoms with van der Waals surface area (Å²) in [6, 6.07) is 5.97. The molecule has 2 heterocycles. The van der Waals surface area contributed by atoms with Crippen molar-refractivity contribution in [2.75, 3.05) is 13.2 Å². The molecule has 204 valence electrons. The number of hydrogen-bond acceptors (Lipinski definition) is 13. The summed E-state index contributed by atoms with van der Waals surface area (Å²) in [7, 11) is 0. The second-order valence-corrected chi connectivity index (χ2v) is 9.23.